The molecule has 0 radical (unpaired) electrons. The SMILES string of the molecule is CC(CNC(=O)C1CC(=O)N(c2ccccc2Cl)C1)CC(=O)O. The average molecular weight is 339 g/mol. The smallest absolute Gasteiger partial charge is 0.303 e. The van der Waals surface area contributed by atoms with Crippen LogP contribution in [0.5, 0.6) is 0 Å². The lowest BCUT2D eigenvalue weighted by Gasteiger charge is -2.18. The van der Waals surface area contributed by atoms with Crippen LogP contribution >= 0.6 is 11.6 Å². The first-order chi connectivity index (χ1) is 10.9. The molecule has 2 amide bonds. The molecule has 1 heterocycles. The summed E-state index contributed by atoms with van der Waals surface area (Å²) in [6.45, 7) is 2.31. The third kappa shape index (κ3) is 4.45. The Labute approximate surface area is 139 Å². The molecule has 0 spiro atoms. The minimum Gasteiger partial charge on any atom is -0.481 e. The Hall–Kier alpha value is -2.08. The molecule has 1 aliphatic rings. The molecule has 1 aliphatic heterocycles. The van der Waals surface area contributed by atoms with Gasteiger partial charge in [-0.05, 0) is 18.1 Å². The second kappa shape index (κ2) is 7.46. The van der Waals surface area contributed by atoms with Gasteiger partial charge in [0.15, 0.2) is 0 Å². The standard InChI is InChI=1S/C16H19ClN2O4/c1-10(6-15(21)22)8-18-16(23)11-7-14(20)19(9-11)13-5-3-2-4-12(13)17/h2-5,10-11H,6-9H2,1H3,(H,18,23)(H,21,22). The Morgan fingerprint density at radius 1 is 1.43 bits per heavy atom. The minimum atomic E-state index is -0.896. The molecule has 23 heavy (non-hydrogen) atoms. The number of hydrogen-bond donors (Lipinski definition) is 2. The summed E-state index contributed by atoms with van der Waals surface area (Å²) in [6.07, 6.45) is 0.125. The van der Waals surface area contributed by atoms with Crippen molar-refractivity contribution in [2.75, 3.05) is 18.0 Å². The van der Waals surface area contributed by atoms with Gasteiger partial charge in [0.05, 0.1) is 16.6 Å². The number of carboxylic acids is 1. The van der Waals surface area contributed by atoms with Gasteiger partial charge in [-0.25, -0.2) is 0 Å². The number of nitrogens with zero attached hydrogens (tertiary/aromatic N) is 1. The fourth-order valence-electron chi connectivity index (χ4n) is 2.58. The van der Waals surface area contributed by atoms with Crippen molar-refractivity contribution in [3.63, 3.8) is 0 Å². The Balaban J connectivity index is 1.93. The third-order valence-corrected chi connectivity index (χ3v) is 4.11. The summed E-state index contributed by atoms with van der Waals surface area (Å²) in [7, 11) is 0. The van der Waals surface area contributed by atoms with E-state index >= 15 is 0 Å². The van der Waals surface area contributed by atoms with Gasteiger partial charge < -0.3 is 15.3 Å². The van der Waals surface area contributed by atoms with E-state index in [1.165, 1.54) is 4.90 Å². The van der Waals surface area contributed by atoms with E-state index in [2.05, 4.69) is 5.32 Å². The van der Waals surface area contributed by atoms with Gasteiger partial charge in [-0.3, -0.25) is 14.4 Å². The molecule has 6 nitrogen and oxygen atoms in total. The zero-order valence-electron chi connectivity index (χ0n) is 12.8. The molecule has 1 saturated heterocycles. The predicted octanol–water partition coefficient (Wildman–Crippen LogP) is 1.92. The van der Waals surface area contributed by atoms with E-state index in [4.69, 9.17) is 16.7 Å². The number of aliphatic carboxylic acids is 1. The summed E-state index contributed by atoms with van der Waals surface area (Å²) in [5, 5.41) is 11.9. The van der Waals surface area contributed by atoms with Crippen LogP contribution in [0, 0.1) is 11.8 Å². The Morgan fingerprint density at radius 2 is 2.13 bits per heavy atom. The van der Waals surface area contributed by atoms with Crippen LogP contribution in [0.2, 0.25) is 5.02 Å². The lowest BCUT2D eigenvalue weighted by atomic mass is 10.1. The van der Waals surface area contributed by atoms with Gasteiger partial charge in [0.25, 0.3) is 0 Å². The fraction of sp³-hybridized carbons (Fsp3) is 0.438. The maximum absolute atomic E-state index is 12.2. The number of amides is 2. The number of hydrogen-bond acceptors (Lipinski definition) is 3. The second-order valence-electron chi connectivity index (χ2n) is 5.80. The Morgan fingerprint density at radius 3 is 2.78 bits per heavy atom. The quantitative estimate of drug-likeness (QED) is 0.829. The van der Waals surface area contributed by atoms with Crippen molar-refractivity contribution in [2.24, 2.45) is 11.8 Å². The molecule has 2 N–H and O–H groups in total. The van der Waals surface area contributed by atoms with Crippen LogP contribution in [-0.2, 0) is 14.4 Å². The highest BCUT2D eigenvalue weighted by molar-refractivity contribution is 6.33. The lowest BCUT2D eigenvalue weighted by Crippen LogP contribution is -2.35. The van der Waals surface area contributed by atoms with Crippen LogP contribution in [0.1, 0.15) is 19.8 Å². The molecule has 1 aromatic rings. The number of carboxylic acid groups (broad SMARTS) is 1. The molecule has 7 heteroatoms. The van der Waals surface area contributed by atoms with Gasteiger partial charge in [-0.2, -0.15) is 0 Å². The fourth-order valence-corrected chi connectivity index (χ4v) is 2.81. The van der Waals surface area contributed by atoms with Crippen LogP contribution in [0.4, 0.5) is 5.69 Å². The van der Waals surface area contributed by atoms with Crippen LogP contribution in [0.15, 0.2) is 24.3 Å². The van der Waals surface area contributed by atoms with E-state index in [-0.39, 0.29) is 43.7 Å². The van der Waals surface area contributed by atoms with E-state index in [9.17, 15) is 14.4 Å². The zero-order valence-corrected chi connectivity index (χ0v) is 13.5. The van der Waals surface area contributed by atoms with Crippen molar-refractivity contribution in [2.45, 2.75) is 19.8 Å². The molecule has 0 saturated carbocycles. The molecular weight excluding hydrogens is 320 g/mol. The first-order valence-corrected chi connectivity index (χ1v) is 7.80. The van der Waals surface area contributed by atoms with E-state index in [1.807, 2.05) is 0 Å². The predicted molar refractivity (Wildman–Crippen MR) is 86.3 cm³/mol. The minimum absolute atomic E-state index is 0.00434. The summed E-state index contributed by atoms with van der Waals surface area (Å²) in [6, 6.07) is 7.01. The maximum Gasteiger partial charge on any atom is 0.303 e. The van der Waals surface area contributed by atoms with Crippen LogP contribution < -0.4 is 10.2 Å². The van der Waals surface area contributed by atoms with Crippen molar-refractivity contribution in [1.82, 2.24) is 5.32 Å². The van der Waals surface area contributed by atoms with Crippen molar-refractivity contribution in [3.8, 4) is 0 Å². The monoisotopic (exact) mass is 338 g/mol. The molecule has 2 unspecified atom stereocenters. The summed E-state index contributed by atoms with van der Waals surface area (Å²) >= 11 is 6.10. The maximum atomic E-state index is 12.2. The molecule has 0 aliphatic carbocycles. The molecule has 1 aromatic carbocycles. The van der Waals surface area contributed by atoms with Gasteiger partial charge in [0.1, 0.15) is 0 Å². The highest BCUT2D eigenvalue weighted by Crippen LogP contribution is 2.30. The van der Waals surface area contributed by atoms with Crippen molar-refractivity contribution in [1.29, 1.82) is 0 Å². The number of benzene rings is 1. The zero-order chi connectivity index (χ0) is 17.0. The van der Waals surface area contributed by atoms with Gasteiger partial charge in [0.2, 0.25) is 11.8 Å². The first-order valence-electron chi connectivity index (χ1n) is 7.43. The largest absolute Gasteiger partial charge is 0.481 e. The van der Waals surface area contributed by atoms with Crippen molar-refractivity contribution >= 4 is 35.1 Å². The normalized spacial score (nSPS) is 18.8. The summed E-state index contributed by atoms with van der Waals surface area (Å²) in [5.41, 5.74) is 0.605. The summed E-state index contributed by atoms with van der Waals surface area (Å²) < 4.78 is 0. The van der Waals surface area contributed by atoms with Gasteiger partial charge >= 0.3 is 5.97 Å². The number of anilines is 1. The van der Waals surface area contributed by atoms with E-state index in [0.29, 0.717) is 10.7 Å². The second-order valence-corrected chi connectivity index (χ2v) is 6.21. The molecule has 124 valence electrons. The van der Waals surface area contributed by atoms with Crippen LogP contribution in [0.25, 0.3) is 0 Å². The average Bonchev–Trinajstić information content (AvgIpc) is 2.86. The molecule has 1 fully saturated rings. The van der Waals surface area contributed by atoms with Crippen molar-refractivity contribution in [3.05, 3.63) is 29.3 Å². The topological polar surface area (TPSA) is 86.7 Å². The molecule has 2 atom stereocenters. The van der Waals surface area contributed by atoms with Gasteiger partial charge in [0, 0.05) is 25.9 Å². The highest BCUT2D eigenvalue weighted by Gasteiger charge is 2.35. The van der Waals surface area contributed by atoms with Gasteiger partial charge in [-0.15, -0.1) is 0 Å². The lowest BCUT2D eigenvalue weighted by molar-refractivity contribution is -0.138. The molecule has 0 aromatic heterocycles. The van der Waals surface area contributed by atoms with E-state index in [0.717, 1.165) is 0 Å². The summed E-state index contributed by atoms with van der Waals surface area (Å²) in [5.74, 6) is -1.88. The van der Waals surface area contributed by atoms with Crippen molar-refractivity contribution < 1.29 is 19.5 Å². The Kier molecular flexibility index (Phi) is 5.60. The summed E-state index contributed by atoms with van der Waals surface area (Å²) in [4.78, 5) is 36.4. The highest BCUT2D eigenvalue weighted by atomic mass is 35.5. The number of rotatable bonds is 6. The molecule has 0 bridgehead atoms. The number of carbonyl (C=O) groups excluding carboxylic acids is 2. The van der Waals surface area contributed by atoms with Crippen LogP contribution in [0.3, 0.4) is 0 Å². The van der Waals surface area contributed by atoms with Gasteiger partial charge in [-0.1, -0.05) is 30.7 Å². The number of halogens is 1. The number of nitrogens with one attached hydrogen (secondary N) is 1. The number of carbonyl (C=O) groups is 3. The van der Waals surface area contributed by atoms with Crippen LogP contribution in [-0.4, -0.2) is 36.0 Å². The molecule has 2 rings (SSSR count). The number of para-hydroxylation sites is 1. The first kappa shape index (κ1) is 17.3. The molecular formula is C16H19ClN2O4. The van der Waals surface area contributed by atoms with E-state index < -0.39 is 11.9 Å². The van der Waals surface area contributed by atoms with E-state index in [1.54, 1.807) is 31.2 Å². The third-order valence-electron chi connectivity index (χ3n) is 3.79. The Bertz CT molecular complexity index is 620.